The lowest BCUT2D eigenvalue weighted by atomic mass is 10.1. The molecule has 4 nitrogen and oxygen atoms in total. The van der Waals surface area contributed by atoms with Gasteiger partial charge >= 0.3 is 0 Å². The molecule has 1 aromatic heterocycles. The molecule has 140 valence electrons. The van der Waals surface area contributed by atoms with E-state index in [1.165, 1.54) is 10.4 Å². The fourth-order valence-corrected chi connectivity index (χ4v) is 3.82. The van der Waals surface area contributed by atoms with Crippen LogP contribution in [-0.4, -0.2) is 24.0 Å². The van der Waals surface area contributed by atoms with Gasteiger partial charge in [-0.2, -0.15) is 0 Å². The molecule has 0 aliphatic rings. The van der Waals surface area contributed by atoms with E-state index in [1.807, 2.05) is 36.4 Å². The summed E-state index contributed by atoms with van der Waals surface area (Å²) in [5, 5.41) is 4.01. The van der Waals surface area contributed by atoms with Crippen LogP contribution in [0.25, 0.3) is 0 Å². The topological polar surface area (TPSA) is 51.2 Å². The molecule has 0 fully saturated rings. The highest BCUT2D eigenvalue weighted by Gasteiger charge is 2.09. The first-order valence-electron chi connectivity index (χ1n) is 9.14. The number of benzene rings is 2. The molecule has 0 saturated heterocycles. The summed E-state index contributed by atoms with van der Waals surface area (Å²) in [4.78, 5) is 17.9. The van der Waals surface area contributed by atoms with Crippen molar-refractivity contribution in [1.82, 2.24) is 10.3 Å². The van der Waals surface area contributed by atoms with E-state index in [0.717, 1.165) is 29.3 Å². The summed E-state index contributed by atoms with van der Waals surface area (Å²) in [6, 6.07) is 20.0. The fourth-order valence-electron chi connectivity index (χ4n) is 2.72. The first kappa shape index (κ1) is 19.1. The zero-order chi connectivity index (χ0) is 18.9. The molecule has 27 heavy (non-hydrogen) atoms. The molecule has 0 unspecified atom stereocenters. The van der Waals surface area contributed by atoms with Gasteiger partial charge in [0.15, 0.2) is 0 Å². The number of carbonyl (C=O) groups excluding carboxylic acids is 1. The highest BCUT2D eigenvalue weighted by Crippen LogP contribution is 2.21. The van der Waals surface area contributed by atoms with Crippen molar-refractivity contribution in [2.45, 2.75) is 26.2 Å². The number of ether oxygens (including phenoxy) is 1. The fraction of sp³-hybridized carbons (Fsp3) is 0.273. The van der Waals surface area contributed by atoms with Crippen LogP contribution in [-0.2, 0) is 17.6 Å². The maximum Gasteiger partial charge on any atom is 0.223 e. The number of carbonyl (C=O) groups is 1. The standard InChI is InChI=1S/C22H24N2O2S/c1-17-20(16-18-8-4-2-5-9-18)27-22(24-17)12-14-23-21(25)13-15-26-19-10-6-3-7-11-19/h2-11H,12-16H2,1H3,(H,23,25). The Morgan fingerprint density at radius 3 is 2.52 bits per heavy atom. The minimum absolute atomic E-state index is 0.00344. The molecule has 1 heterocycles. The zero-order valence-electron chi connectivity index (χ0n) is 15.5. The Morgan fingerprint density at radius 2 is 1.78 bits per heavy atom. The molecule has 3 rings (SSSR count). The minimum atomic E-state index is 0.00344. The van der Waals surface area contributed by atoms with Gasteiger partial charge in [0, 0.05) is 24.3 Å². The molecule has 5 heteroatoms. The van der Waals surface area contributed by atoms with Crippen LogP contribution in [0.15, 0.2) is 60.7 Å². The molecule has 1 N–H and O–H groups in total. The third-order valence-electron chi connectivity index (χ3n) is 4.15. The van der Waals surface area contributed by atoms with E-state index < -0.39 is 0 Å². The molecule has 2 aromatic carbocycles. The average Bonchev–Trinajstić information content (AvgIpc) is 3.03. The number of amides is 1. The van der Waals surface area contributed by atoms with Crippen molar-refractivity contribution in [3.8, 4) is 5.75 Å². The Labute approximate surface area is 164 Å². The molecular weight excluding hydrogens is 356 g/mol. The summed E-state index contributed by atoms with van der Waals surface area (Å²) in [5.41, 5.74) is 2.38. The van der Waals surface area contributed by atoms with Crippen LogP contribution in [0.1, 0.15) is 27.6 Å². The van der Waals surface area contributed by atoms with Crippen molar-refractivity contribution >= 4 is 17.2 Å². The SMILES string of the molecule is Cc1nc(CCNC(=O)CCOc2ccccc2)sc1Cc1ccccc1. The van der Waals surface area contributed by atoms with E-state index in [1.54, 1.807) is 11.3 Å². The van der Waals surface area contributed by atoms with E-state index >= 15 is 0 Å². The van der Waals surface area contributed by atoms with Gasteiger partial charge in [0.2, 0.25) is 5.91 Å². The molecule has 3 aromatic rings. The van der Waals surface area contributed by atoms with E-state index in [9.17, 15) is 4.79 Å². The maximum absolute atomic E-state index is 11.9. The third-order valence-corrected chi connectivity index (χ3v) is 5.36. The molecule has 1 amide bonds. The number of rotatable bonds is 9. The van der Waals surface area contributed by atoms with Crippen molar-refractivity contribution in [1.29, 1.82) is 0 Å². The smallest absolute Gasteiger partial charge is 0.223 e. The van der Waals surface area contributed by atoms with Gasteiger partial charge in [-0.1, -0.05) is 48.5 Å². The number of hydrogen-bond donors (Lipinski definition) is 1. The molecule has 0 atom stereocenters. The lowest BCUT2D eigenvalue weighted by Crippen LogP contribution is -2.27. The van der Waals surface area contributed by atoms with Gasteiger partial charge in [-0.05, 0) is 24.6 Å². The predicted octanol–water partition coefficient (Wildman–Crippen LogP) is 4.17. The summed E-state index contributed by atoms with van der Waals surface area (Å²) in [6.45, 7) is 3.03. The number of thiazole rings is 1. The van der Waals surface area contributed by atoms with Gasteiger partial charge in [0.05, 0.1) is 23.7 Å². The van der Waals surface area contributed by atoms with Gasteiger partial charge < -0.3 is 10.1 Å². The van der Waals surface area contributed by atoms with Crippen LogP contribution in [0.2, 0.25) is 0 Å². The Balaban J connectivity index is 1.38. The minimum Gasteiger partial charge on any atom is -0.493 e. The summed E-state index contributed by atoms with van der Waals surface area (Å²) in [7, 11) is 0. The van der Waals surface area contributed by atoms with Gasteiger partial charge in [-0.15, -0.1) is 11.3 Å². The van der Waals surface area contributed by atoms with E-state index in [-0.39, 0.29) is 5.91 Å². The summed E-state index contributed by atoms with van der Waals surface area (Å²) >= 11 is 1.73. The molecule has 0 saturated carbocycles. The summed E-state index contributed by atoms with van der Waals surface area (Å²) in [6.07, 6.45) is 2.02. The van der Waals surface area contributed by atoms with Gasteiger partial charge in [0.1, 0.15) is 5.75 Å². The van der Waals surface area contributed by atoms with Crippen LogP contribution >= 0.6 is 11.3 Å². The van der Waals surface area contributed by atoms with Gasteiger partial charge in [-0.25, -0.2) is 4.98 Å². The number of aromatic nitrogens is 1. The van der Waals surface area contributed by atoms with E-state index in [2.05, 4.69) is 41.5 Å². The summed E-state index contributed by atoms with van der Waals surface area (Å²) < 4.78 is 5.55. The van der Waals surface area contributed by atoms with Crippen molar-refractivity contribution in [2.75, 3.05) is 13.2 Å². The molecule has 0 spiro atoms. The molecule has 0 aliphatic heterocycles. The summed E-state index contributed by atoms with van der Waals surface area (Å²) in [5.74, 6) is 0.790. The predicted molar refractivity (Wildman–Crippen MR) is 109 cm³/mol. The van der Waals surface area contributed by atoms with Crippen LogP contribution in [0.3, 0.4) is 0 Å². The Kier molecular flexibility index (Phi) is 6.99. The first-order valence-corrected chi connectivity index (χ1v) is 9.96. The Morgan fingerprint density at radius 1 is 1.07 bits per heavy atom. The largest absolute Gasteiger partial charge is 0.493 e. The van der Waals surface area contributed by atoms with Crippen molar-refractivity contribution in [2.24, 2.45) is 0 Å². The van der Waals surface area contributed by atoms with Crippen LogP contribution in [0.4, 0.5) is 0 Å². The van der Waals surface area contributed by atoms with Crippen molar-refractivity contribution in [3.63, 3.8) is 0 Å². The average molecular weight is 381 g/mol. The second-order valence-electron chi connectivity index (χ2n) is 6.29. The highest BCUT2D eigenvalue weighted by atomic mass is 32.1. The van der Waals surface area contributed by atoms with E-state index in [4.69, 9.17) is 4.74 Å². The maximum atomic E-state index is 11.9. The monoisotopic (exact) mass is 380 g/mol. The Bertz CT molecular complexity index is 847. The molecule has 0 bridgehead atoms. The van der Waals surface area contributed by atoms with Gasteiger partial charge in [0.25, 0.3) is 0 Å². The number of nitrogens with one attached hydrogen (secondary N) is 1. The number of hydrogen-bond acceptors (Lipinski definition) is 4. The second-order valence-corrected chi connectivity index (χ2v) is 7.46. The molecule has 0 radical (unpaired) electrons. The number of para-hydroxylation sites is 1. The van der Waals surface area contributed by atoms with Crippen LogP contribution < -0.4 is 10.1 Å². The third kappa shape index (κ3) is 6.22. The Hall–Kier alpha value is -2.66. The number of nitrogens with zero attached hydrogens (tertiary/aromatic N) is 1. The van der Waals surface area contributed by atoms with Crippen LogP contribution in [0.5, 0.6) is 5.75 Å². The van der Waals surface area contributed by atoms with Crippen molar-refractivity contribution in [3.05, 3.63) is 81.8 Å². The zero-order valence-corrected chi connectivity index (χ0v) is 16.3. The van der Waals surface area contributed by atoms with E-state index in [0.29, 0.717) is 19.6 Å². The quantitative estimate of drug-likeness (QED) is 0.606. The second kappa shape index (κ2) is 9.88. The normalized spacial score (nSPS) is 10.6. The van der Waals surface area contributed by atoms with Crippen LogP contribution in [0, 0.1) is 6.92 Å². The highest BCUT2D eigenvalue weighted by molar-refractivity contribution is 7.11. The van der Waals surface area contributed by atoms with Crippen molar-refractivity contribution < 1.29 is 9.53 Å². The lowest BCUT2D eigenvalue weighted by Gasteiger charge is -2.06. The number of aryl methyl sites for hydroxylation is 1. The van der Waals surface area contributed by atoms with Gasteiger partial charge in [-0.3, -0.25) is 4.79 Å². The molecular formula is C22H24N2O2S. The lowest BCUT2D eigenvalue weighted by molar-refractivity contribution is -0.121. The first-order chi connectivity index (χ1) is 13.2. The molecule has 0 aliphatic carbocycles.